The van der Waals surface area contributed by atoms with E-state index in [4.69, 9.17) is 0 Å². The van der Waals surface area contributed by atoms with Crippen molar-refractivity contribution in [3.05, 3.63) is 40.9 Å². The van der Waals surface area contributed by atoms with E-state index < -0.39 is 0 Å². The lowest BCUT2D eigenvalue weighted by Crippen LogP contribution is -2.10. The summed E-state index contributed by atoms with van der Waals surface area (Å²) < 4.78 is 3.59. The molecule has 0 spiro atoms. The van der Waals surface area contributed by atoms with Gasteiger partial charge < -0.3 is 5.32 Å². The van der Waals surface area contributed by atoms with E-state index in [0.717, 1.165) is 17.8 Å². The van der Waals surface area contributed by atoms with Crippen molar-refractivity contribution >= 4 is 29.4 Å². The molecule has 0 aliphatic rings. The molecule has 80 valence electrons. The van der Waals surface area contributed by atoms with Crippen LogP contribution < -0.4 is 5.32 Å². The standard InChI is InChI=1S/C10H7N3O2S/c14-6-7-2-1-3-8(4-7)12-10(15)9-5-11-13-16-9/h1-6H,(H,12,15). The zero-order valence-corrected chi connectivity index (χ0v) is 8.90. The molecule has 2 aromatic rings. The summed E-state index contributed by atoms with van der Waals surface area (Å²) in [5.41, 5.74) is 1.09. The Bertz CT molecular complexity index is 511. The van der Waals surface area contributed by atoms with E-state index in [1.165, 1.54) is 6.20 Å². The predicted octanol–water partition coefficient (Wildman–Crippen LogP) is 1.60. The van der Waals surface area contributed by atoms with Crippen molar-refractivity contribution < 1.29 is 9.59 Å². The molecule has 5 nitrogen and oxygen atoms in total. The SMILES string of the molecule is O=Cc1cccc(NC(=O)c2cnns2)c1. The monoisotopic (exact) mass is 233 g/mol. The van der Waals surface area contributed by atoms with Crippen molar-refractivity contribution in [2.24, 2.45) is 0 Å². The molecule has 1 amide bonds. The van der Waals surface area contributed by atoms with Crippen molar-refractivity contribution in [3.63, 3.8) is 0 Å². The van der Waals surface area contributed by atoms with Gasteiger partial charge in [0.1, 0.15) is 11.2 Å². The second kappa shape index (κ2) is 4.63. The molecule has 0 atom stereocenters. The Labute approximate surface area is 95.3 Å². The Morgan fingerprint density at radius 3 is 3.00 bits per heavy atom. The van der Waals surface area contributed by atoms with Crippen LogP contribution in [-0.2, 0) is 0 Å². The van der Waals surface area contributed by atoms with Crippen LogP contribution in [0, 0.1) is 0 Å². The Hall–Kier alpha value is -2.08. The van der Waals surface area contributed by atoms with Crippen LogP contribution in [0.1, 0.15) is 20.0 Å². The van der Waals surface area contributed by atoms with E-state index >= 15 is 0 Å². The number of amides is 1. The maximum Gasteiger partial charge on any atom is 0.269 e. The zero-order valence-electron chi connectivity index (χ0n) is 8.08. The first kappa shape index (κ1) is 10.4. The van der Waals surface area contributed by atoms with Gasteiger partial charge in [0, 0.05) is 11.3 Å². The van der Waals surface area contributed by atoms with Crippen molar-refractivity contribution in [1.29, 1.82) is 0 Å². The van der Waals surface area contributed by atoms with Crippen LogP contribution in [0.15, 0.2) is 30.5 Å². The quantitative estimate of drug-likeness (QED) is 0.817. The van der Waals surface area contributed by atoms with E-state index in [1.807, 2.05) is 0 Å². The predicted molar refractivity (Wildman–Crippen MR) is 59.7 cm³/mol. The summed E-state index contributed by atoms with van der Waals surface area (Å²) in [6, 6.07) is 6.67. The molecule has 6 heteroatoms. The molecular weight excluding hydrogens is 226 g/mol. The van der Waals surface area contributed by atoms with Gasteiger partial charge in [-0.1, -0.05) is 16.6 Å². The largest absolute Gasteiger partial charge is 0.321 e. The van der Waals surface area contributed by atoms with Gasteiger partial charge in [0.05, 0.1) is 6.20 Å². The minimum absolute atomic E-state index is 0.280. The zero-order chi connectivity index (χ0) is 11.4. The smallest absolute Gasteiger partial charge is 0.269 e. The number of nitrogens with one attached hydrogen (secondary N) is 1. The van der Waals surface area contributed by atoms with E-state index in [2.05, 4.69) is 14.9 Å². The number of aromatic nitrogens is 2. The molecular formula is C10H7N3O2S. The van der Waals surface area contributed by atoms with E-state index in [0.29, 0.717) is 16.1 Å². The maximum atomic E-state index is 11.6. The van der Waals surface area contributed by atoms with Gasteiger partial charge in [0.2, 0.25) is 0 Å². The van der Waals surface area contributed by atoms with Crippen LogP contribution in [-0.4, -0.2) is 21.8 Å². The number of carbonyl (C=O) groups excluding carboxylic acids is 2. The topological polar surface area (TPSA) is 72.0 Å². The number of rotatable bonds is 3. The number of benzene rings is 1. The third kappa shape index (κ3) is 2.29. The maximum absolute atomic E-state index is 11.6. The number of carbonyl (C=O) groups is 2. The molecule has 0 saturated heterocycles. The molecule has 0 aliphatic heterocycles. The second-order valence-corrected chi connectivity index (χ2v) is 3.76. The molecule has 16 heavy (non-hydrogen) atoms. The van der Waals surface area contributed by atoms with Gasteiger partial charge in [-0.3, -0.25) is 9.59 Å². The number of aldehydes is 1. The highest BCUT2D eigenvalue weighted by molar-refractivity contribution is 7.07. The van der Waals surface area contributed by atoms with Crippen LogP contribution in [0.2, 0.25) is 0 Å². The van der Waals surface area contributed by atoms with Gasteiger partial charge in [0.15, 0.2) is 0 Å². The summed E-state index contributed by atoms with van der Waals surface area (Å²) in [4.78, 5) is 22.6. The van der Waals surface area contributed by atoms with Gasteiger partial charge in [-0.25, -0.2) is 0 Å². The molecule has 1 aromatic carbocycles. The van der Waals surface area contributed by atoms with Crippen LogP contribution in [0.5, 0.6) is 0 Å². The van der Waals surface area contributed by atoms with Crippen LogP contribution in [0.4, 0.5) is 5.69 Å². The summed E-state index contributed by atoms with van der Waals surface area (Å²) in [6.07, 6.45) is 2.12. The minimum Gasteiger partial charge on any atom is -0.321 e. The highest BCUT2D eigenvalue weighted by atomic mass is 32.1. The van der Waals surface area contributed by atoms with E-state index in [-0.39, 0.29) is 5.91 Å². The van der Waals surface area contributed by atoms with Crippen LogP contribution in [0.3, 0.4) is 0 Å². The van der Waals surface area contributed by atoms with Crippen molar-refractivity contribution in [3.8, 4) is 0 Å². The lowest BCUT2D eigenvalue weighted by Gasteiger charge is -2.02. The molecule has 0 saturated carbocycles. The molecule has 1 aromatic heterocycles. The average Bonchev–Trinajstić information content (AvgIpc) is 2.83. The molecule has 1 heterocycles. The third-order valence-electron chi connectivity index (χ3n) is 1.87. The minimum atomic E-state index is -0.280. The molecule has 2 rings (SSSR count). The highest BCUT2D eigenvalue weighted by Gasteiger charge is 2.08. The summed E-state index contributed by atoms with van der Waals surface area (Å²) >= 11 is 1.02. The summed E-state index contributed by atoms with van der Waals surface area (Å²) in [5.74, 6) is -0.280. The normalized spacial score (nSPS) is 9.75. The fraction of sp³-hybridized carbons (Fsp3) is 0. The summed E-state index contributed by atoms with van der Waals surface area (Å²) in [6.45, 7) is 0. The Balaban J connectivity index is 2.15. The van der Waals surface area contributed by atoms with Gasteiger partial charge >= 0.3 is 0 Å². The fourth-order valence-electron chi connectivity index (χ4n) is 1.15. The molecule has 1 N–H and O–H groups in total. The number of anilines is 1. The molecule has 0 bridgehead atoms. The lowest BCUT2D eigenvalue weighted by molar-refractivity contribution is 0.102. The van der Waals surface area contributed by atoms with E-state index in [9.17, 15) is 9.59 Å². The third-order valence-corrected chi connectivity index (χ3v) is 2.53. The Kier molecular flexibility index (Phi) is 3.02. The average molecular weight is 233 g/mol. The summed E-state index contributed by atoms with van der Waals surface area (Å²) in [7, 11) is 0. The van der Waals surface area contributed by atoms with Gasteiger partial charge in [-0.05, 0) is 23.7 Å². The molecule has 0 unspecified atom stereocenters. The molecule has 0 radical (unpaired) electrons. The Morgan fingerprint density at radius 2 is 2.31 bits per heavy atom. The van der Waals surface area contributed by atoms with Crippen LogP contribution in [0.25, 0.3) is 0 Å². The summed E-state index contributed by atoms with van der Waals surface area (Å²) in [5, 5.41) is 6.22. The van der Waals surface area contributed by atoms with Crippen molar-refractivity contribution in [2.45, 2.75) is 0 Å². The number of hydrogen-bond donors (Lipinski definition) is 1. The second-order valence-electron chi connectivity index (χ2n) is 2.98. The first-order valence-electron chi connectivity index (χ1n) is 4.43. The highest BCUT2D eigenvalue weighted by Crippen LogP contribution is 2.11. The van der Waals surface area contributed by atoms with Gasteiger partial charge in [-0.15, -0.1) is 5.10 Å². The molecule has 0 aliphatic carbocycles. The lowest BCUT2D eigenvalue weighted by atomic mass is 10.2. The van der Waals surface area contributed by atoms with Gasteiger partial charge in [-0.2, -0.15) is 0 Å². The Morgan fingerprint density at radius 1 is 1.44 bits per heavy atom. The first-order valence-corrected chi connectivity index (χ1v) is 5.21. The fourth-order valence-corrected chi connectivity index (χ4v) is 1.56. The first-order chi connectivity index (χ1) is 7.79. The number of hydrogen-bond acceptors (Lipinski definition) is 5. The van der Waals surface area contributed by atoms with Crippen LogP contribution >= 0.6 is 11.5 Å². The van der Waals surface area contributed by atoms with Crippen molar-refractivity contribution in [2.75, 3.05) is 5.32 Å². The van der Waals surface area contributed by atoms with Gasteiger partial charge in [0.25, 0.3) is 5.91 Å². The molecule has 0 fully saturated rings. The van der Waals surface area contributed by atoms with Crippen molar-refractivity contribution in [1.82, 2.24) is 9.59 Å². The van der Waals surface area contributed by atoms with E-state index in [1.54, 1.807) is 24.3 Å². The number of nitrogens with zero attached hydrogens (tertiary/aromatic N) is 2.